The highest BCUT2D eigenvalue weighted by atomic mass is 127. The molecule has 8 nitrogen and oxygen atoms in total. The normalized spacial score (nSPS) is 11.4. The van der Waals surface area contributed by atoms with Crippen LogP contribution < -0.4 is 10.6 Å². The van der Waals surface area contributed by atoms with Crippen LogP contribution in [-0.2, 0) is 13.1 Å². The van der Waals surface area contributed by atoms with Crippen molar-refractivity contribution in [3.8, 4) is 5.69 Å². The van der Waals surface area contributed by atoms with Crippen molar-refractivity contribution in [2.45, 2.75) is 33.9 Å². The summed E-state index contributed by atoms with van der Waals surface area (Å²) < 4.78 is 3.94. The van der Waals surface area contributed by atoms with E-state index in [9.17, 15) is 0 Å². The highest BCUT2D eigenvalue weighted by Gasteiger charge is 2.09. The van der Waals surface area contributed by atoms with Gasteiger partial charge in [0.1, 0.15) is 0 Å². The average molecular weight is 530 g/mol. The van der Waals surface area contributed by atoms with E-state index in [0.29, 0.717) is 13.1 Å². The molecule has 3 aromatic heterocycles. The van der Waals surface area contributed by atoms with Gasteiger partial charge in [0, 0.05) is 18.4 Å². The van der Waals surface area contributed by atoms with Crippen LogP contribution in [0.5, 0.6) is 0 Å². The van der Waals surface area contributed by atoms with Gasteiger partial charge < -0.3 is 10.6 Å². The number of rotatable bonds is 6. The Morgan fingerprint density at radius 2 is 1.84 bits per heavy atom. The third kappa shape index (κ3) is 5.22. The minimum absolute atomic E-state index is 0. The van der Waals surface area contributed by atoms with Gasteiger partial charge in [-0.05, 0) is 50.6 Å². The molecule has 0 amide bonds. The van der Waals surface area contributed by atoms with Gasteiger partial charge >= 0.3 is 0 Å². The zero-order valence-corrected chi connectivity index (χ0v) is 20.2. The van der Waals surface area contributed by atoms with Crippen molar-refractivity contribution in [1.29, 1.82) is 0 Å². The van der Waals surface area contributed by atoms with Gasteiger partial charge in [-0.15, -0.1) is 34.2 Å². The van der Waals surface area contributed by atoms with Crippen molar-refractivity contribution in [3.63, 3.8) is 0 Å². The molecule has 3 heterocycles. The van der Waals surface area contributed by atoms with Gasteiger partial charge in [0.25, 0.3) is 0 Å². The Bertz CT molecular complexity index is 1180. The first kappa shape index (κ1) is 22.7. The van der Waals surface area contributed by atoms with E-state index in [1.807, 2.05) is 59.5 Å². The SMILES string of the molecule is CCNC(=NCc1ccccc1-n1nc(C)cc1C)NCc1nnc2ccccn12.I. The summed E-state index contributed by atoms with van der Waals surface area (Å²) in [5.74, 6) is 1.56. The Hall–Kier alpha value is -2.95. The largest absolute Gasteiger partial charge is 0.357 e. The monoisotopic (exact) mass is 530 g/mol. The number of aliphatic imine (C=N–C) groups is 1. The molecule has 0 saturated heterocycles. The quantitative estimate of drug-likeness (QED) is 0.227. The second-order valence-electron chi connectivity index (χ2n) is 7.06. The van der Waals surface area contributed by atoms with Gasteiger partial charge in [-0.3, -0.25) is 4.40 Å². The highest BCUT2D eigenvalue weighted by Crippen LogP contribution is 2.17. The smallest absolute Gasteiger partial charge is 0.191 e. The molecule has 0 bridgehead atoms. The summed E-state index contributed by atoms with van der Waals surface area (Å²) in [6, 6.07) is 16.2. The van der Waals surface area contributed by atoms with Crippen LogP contribution in [0.3, 0.4) is 0 Å². The molecule has 2 N–H and O–H groups in total. The first-order chi connectivity index (χ1) is 14.7. The van der Waals surface area contributed by atoms with E-state index >= 15 is 0 Å². The molecular weight excluding hydrogens is 503 g/mol. The summed E-state index contributed by atoms with van der Waals surface area (Å²) in [5.41, 5.74) is 5.09. The Kier molecular flexibility index (Phi) is 7.61. The molecule has 0 aliphatic heterocycles. The van der Waals surface area contributed by atoms with Crippen molar-refractivity contribution in [3.05, 3.63) is 77.5 Å². The number of benzene rings is 1. The molecule has 162 valence electrons. The number of pyridine rings is 1. The molecule has 4 aromatic rings. The van der Waals surface area contributed by atoms with Crippen molar-refractivity contribution in [2.24, 2.45) is 4.99 Å². The van der Waals surface area contributed by atoms with Gasteiger partial charge in [0.2, 0.25) is 0 Å². The minimum atomic E-state index is 0. The maximum Gasteiger partial charge on any atom is 0.191 e. The number of guanidine groups is 1. The zero-order chi connectivity index (χ0) is 20.9. The van der Waals surface area contributed by atoms with Crippen LogP contribution in [0.1, 0.15) is 29.7 Å². The molecule has 9 heteroatoms. The average Bonchev–Trinajstić information content (AvgIpc) is 3.32. The predicted octanol–water partition coefficient (Wildman–Crippen LogP) is 3.41. The third-order valence-electron chi connectivity index (χ3n) is 4.78. The number of fused-ring (bicyclic) bond motifs is 1. The van der Waals surface area contributed by atoms with Crippen LogP contribution in [0.4, 0.5) is 0 Å². The van der Waals surface area contributed by atoms with Crippen molar-refractivity contribution in [1.82, 2.24) is 35.0 Å². The Labute approximate surface area is 198 Å². The number of hydrogen-bond acceptors (Lipinski definition) is 4. The first-order valence-electron chi connectivity index (χ1n) is 10.1. The van der Waals surface area contributed by atoms with Crippen molar-refractivity contribution < 1.29 is 0 Å². The topological polar surface area (TPSA) is 84.4 Å². The van der Waals surface area contributed by atoms with E-state index in [2.05, 4.69) is 51.1 Å². The molecule has 0 radical (unpaired) electrons. The Morgan fingerprint density at radius 3 is 2.61 bits per heavy atom. The highest BCUT2D eigenvalue weighted by molar-refractivity contribution is 14.0. The number of nitrogens with one attached hydrogen (secondary N) is 2. The number of hydrogen-bond donors (Lipinski definition) is 2. The summed E-state index contributed by atoms with van der Waals surface area (Å²) >= 11 is 0. The van der Waals surface area contributed by atoms with Crippen molar-refractivity contribution in [2.75, 3.05) is 6.54 Å². The van der Waals surface area contributed by atoms with E-state index in [-0.39, 0.29) is 24.0 Å². The van der Waals surface area contributed by atoms with Crippen molar-refractivity contribution >= 4 is 35.6 Å². The molecule has 0 aliphatic rings. The van der Waals surface area contributed by atoms with E-state index in [4.69, 9.17) is 4.99 Å². The van der Waals surface area contributed by atoms with Gasteiger partial charge in [-0.1, -0.05) is 24.3 Å². The number of aryl methyl sites for hydroxylation is 2. The van der Waals surface area contributed by atoms with E-state index < -0.39 is 0 Å². The lowest BCUT2D eigenvalue weighted by atomic mass is 10.2. The van der Waals surface area contributed by atoms with E-state index in [0.717, 1.165) is 46.6 Å². The predicted molar refractivity (Wildman–Crippen MR) is 133 cm³/mol. The second kappa shape index (κ2) is 10.4. The fraction of sp³-hybridized carbons (Fsp3) is 0.273. The van der Waals surface area contributed by atoms with E-state index in [1.54, 1.807) is 0 Å². The lowest BCUT2D eigenvalue weighted by Gasteiger charge is -2.13. The molecule has 0 aliphatic carbocycles. The van der Waals surface area contributed by atoms with Gasteiger partial charge in [-0.25, -0.2) is 9.67 Å². The van der Waals surface area contributed by atoms with Crippen LogP contribution in [-0.4, -0.2) is 36.9 Å². The first-order valence-corrected chi connectivity index (χ1v) is 10.1. The van der Waals surface area contributed by atoms with Crippen LogP contribution in [0.25, 0.3) is 11.3 Å². The molecule has 0 unspecified atom stereocenters. The minimum Gasteiger partial charge on any atom is -0.357 e. The van der Waals surface area contributed by atoms with E-state index in [1.165, 1.54) is 0 Å². The summed E-state index contributed by atoms with van der Waals surface area (Å²) in [7, 11) is 0. The maximum atomic E-state index is 4.78. The standard InChI is InChI=1S/C22H26N8.HI/c1-4-23-22(25-15-21-27-26-20-11-7-8-12-29(20)21)24-14-18-9-5-6-10-19(18)30-17(3)13-16(2)28-30;/h5-13H,4,14-15H2,1-3H3,(H2,23,24,25);1H. The molecular formula is C22H27IN8. The lowest BCUT2D eigenvalue weighted by Crippen LogP contribution is -2.37. The van der Waals surface area contributed by atoms with Gasteiger partial charge in [0.15, 0.2) is 17.4 Å². The number of aromatic nitrogens is 5. The van der Waals surface area contributed by atoms with Crippen LogP contribution in [0.2, 0.25) is 0 Å². The Morgan fingerprint density at radius 1 is 1.03 bits per heavy atom. The van der Waals surface area contributed by atoms with Crippen LogP contribution >= 0.6 is 24.0 Å². The number of nitrogens with zero attached hydrogens (tertiary/aromatic N) is 6. The molecule has 0 fully saturated rings. The maximum absolute atomic E-state index is 4.78. The Balaban J connectivity index is 0.00000272. The molecule has 0 spiro atoms. The fourth-order valence-corrected chi connectivity index (χ4v) is 3.40. The molecule has 0 atom stereocenters. The number of halogens is 1. The van der Waals surface area contributed by atoms with Gasteiger partial charge in [-0.2, -0.15) is 5.10 Å². The summed E-state index contributed by atoms with van der Waals surface area (Å²) in [4.78, 5) is 4.78. The zero-order valence-electron chi connectivity index (χ0n) is 17.9. The summed E-state index contributed by atoms with van der Waals surface area (Å²) in [6.45, 7) is 7.94. The third-order valence-corrected chi connectivity index (χ3v) is 4.78. The lowest BCUT2D eigenvalue weighted by molar-refractivity contribution is 0.763. The molecule has 1 aromatic carbocycles. The second-order valence-corrected chi connectivity index (χ2v) is 7.06. The summed E-state index contributed by atoms with van der Waals surface area (Å²) in [6.07, 6.45) is 1.96. The van der Waals surface area contributed by atoms with Gasteiger partial charge in [0.05, 0.1) is 24.5 Å². The summed E-state index contributed by atoms with van der Waals surface area (Å²) in [5, 5.41) is 19.7. The molecule has 31 heavy (non-hydrogen) atoms. The van der Waals surface area contributed by atoms with Crippen LogP contribution in [0.15, 0.2) is 59.7 Å². The van der Waals surface area contributed by atoms with Crippen LogP contribution in [0, 0.1) is 13.8 Å². The molecule has 4 rings (SSSR count). The fourth-order valence-electron chi connectivity index (χ4n) is 3.40. The molecule has 0 saturated carbocycles. The number of para-hydroxylation sites is 1.